The lowest BCUT2D eigenvalue weighted by Crippen LogP contribution is -2.08. The number of carbonyl (C=O) groups is 1. The van der Waals surface area contributed by atoms with Crippen LogP contribution in [-0.2, 0) is 13.2 Å². The highest BCUT2D eigenvalue weighted by Crippen LogP contribution is 2.30. The number of hydrogen-bond donors (Lipinski definition) is 1. The number of carboxylic acids is 1. The lowest BCUT2D eigenvalue weighted by Gasteiger charge is -2.10. The standard InChI is InChI=1S/C24H17BrCl2N2O3/c25-17-5-8-19(9-6-17)32-14-23-28-22(20-10-7-18(26)11-21(20)27)13-29(23)12-15-1-3-16(4-2-15)24(30)31/h1-11,13H,12,14H2,(H,30,31). The zero-order chi connectivity index (χ0) is 22.7. The van der Waals surface area contributed by atoms with Gasteiger partial charge in [-0.05, 0) is 60.2 Å². The Morgan fingerprint density at radius 1 is 1.03 bits per heavy atom. The Balaban J connectivity index is 1.64. The molecule has 5 nitrogen and oxygen atoms in total. The molecule has 0 aliphatic heterocycles. The summed E-state index contributed by atoms with van der Waals surface area (Å²) in [5, 5.41) is 10.2. The second-order valence-corrected chi connectivity index (χ2v) is 8.80. The molecule has 0 spiro atoms. The van der Waals surface area contributed by atoms with E-state index in [4.69, 9.17) is 38.0 Å². The third-order valence-corrected chi connectivity index (χ3v) is 5.88. The summed E-state index contributed by atoms with van der Waals surface area (Å²) in [6.45, 7) is 0.747. The molecule has 162 valence electrons. The van der Waals surface area contributed by atoms with E-state index in [1.165, 1.54) is 0 Å². The summed E-state index contributed by atoms with van der Waals surface area (Å²) in [5.74, 6) is 0.471. The van der Waals surface area contributed by atoms with Crippen LogP contribution in [0.25, 0.3) is 11.3 Å². The molecular weight excluding hydrogens is 515 g/mol. The quantitative estimate of drug-likeness (QED) is 0.280. The first-order valence-electron chi connectivity index (χ1n) is 9.61. The Morgan fingerprint density at radius 2 is 1.75 bits per heavy atom. The maximum absolute atomic E-state index is 11.1. The van der Waals surface area contributed by atoms with Gasteiger partial charge in [-0.25, -0.2) is 9.78 Å². The van der Waals surface area contributed by atoms with Gasteiger partial charge in [0.15, 0.2) is 0 Å². The normalized spacial score (nSPS) is 10.8. The molecule has 3 aromatic carbocycles. The molecule has 0 aliphatic carbocycles. The van der Waals surface area contributed by atoms with Crippen molar-refractivity contribution >= 4 is 45.1 Å². The second kappa shape index (κ2) is 9.77. The Kier molecular flexibility index (Phi) is 6.84. The first kappa shape index (κ1) is 22.4. The van der Waals surface area contributed by atoms with Gasteiger partial charge in [0.2, 0.25) is 0 Å². The van der Waals surface area contributed by atoms with Crippen LogP contribution in [-0.4, -0.2) is 20.6 Å². The topological polar surface area (TPSA) is 64.3 Å². The summed E-state index contributed by atoms with van der Waals surface area (Å²) in [6.07, 6.45) is 1.90. The Bertz CT molecular complexity index is 1260. The number of ether oxygens (including phenoxy) is 1. The number of benzene rings is 3. The van der Waals surface area contributed by atoms with Gasteiger partial charge >= 0.3 is 5.97 Å². The molecule has 0 aliphatic rings. The summed E-state index contributed by atoms with van der Waals surface area (Å²) in [6, 6.07) is 19.6. The van der Waals surface area contributed by atoms with E-state index in [9.17, 15) is 4.79 Å². The lowest BCUT2D eigenvalue weighted by molar-refractivity contribution is 0.0697. The highest BCUT2D eigenvalue weighted by atomic mass is 79.9. The van der Waals surface area contributed by atoms with Crippen LogP contribution < -0.4 is 4.74 Å². The molecule has 1 heterocycles. The molecule has 1 aromatic heterocycles. The van der Waals surface area contributed by atoms with Gasteiger partial charge in [-0.1, -0.05) is 51.3 Å². The van der Waals surface area contributed by atoms with E-state index in [1.54, 1.807) is 36.4 Å². The molecule has 32 heavy (non-hydrogen) atoms. The average molecular weight is 532 g/mol. The molecule has 0 atom stereocenters. The van der Waals surface area contributed by atoms with Gasteiger partial charge in [-0.3, -0.25) is 0 Å². The number of aromatic carboxylic acids is 1. The predicted molar refractivity (Wildman–Crippen MR) is 129 cm³/mol. The predicted octanol–water partition coefficient (Wildman–Crippen LogP) is 6.94. The average Bonchev–Trinajstić information content (AvgIpc) is 3.16. The van der Waals surface area contributed by atoms with Crippen LogP contribution in [0.4, 0.5) is 0 Å². The molecule has 4 rings (SSSR count). The largest absolute Gasteiger partial charge is 0.486 e. The van der Waals surface area contributed by atoms with Crippen molar-refractivity contribution in [2.24, 2.45) is 0 Å². The summed E-state index contributed by atoms with van der Waals surface area (Å²) >= 11 is 15.8. The molecule has 0 saturated heterocycles. The van der Waals surface area contributed by atoms with Gasteiger partial charge in [0, 0.05) is 27.8 Å². The first-order chi connectivity index (χ1) is 15.4. The number of halogens is 3. The molecule has 1 N–H and O–H groups in total. The van der Waals surface area contributed by atoms with E-state index in [-0.39, 0.29) is 12.2 Å². The summed E-state index contributed by atoms with van der Waals surface area (Å²) < 4.78 is 8.87. The van der Waals surface area contributed by atoms with E-state index >= 15 is 0 Å². The van der Waals surface area contributed by atoms with Crippen molar-refractivity contribution in [2.45, 2.75) is 13.2 Å². The van der Waals surface area contributed by atoms with Crippen molar-refractivity contribution in [1.29, 1.82) is 0 Å². The van der Waals surface area contributed by atoms with Gasteiger partial charge in [-0.15, -0.1) is 0 Å². The van der Waals surface area contributed by atoms with Gasteiger partial charge in [-0.2, -0.15) is 0 Å². The second-order valence-electron chi connectivity index (χ2n) is 7.04. The maximum Gasteiger partial charge on any atom is 0.335 e. The molecular formula is C24H17BrCl2N2O3. The van der Waals surface area contributed by atoms with Gasteiger partial charge in [0.25, 0.3) is 0 Å². The highest BCUT2D eigenvalue weighted by molar-refractivity contribution is 9.10. The maximum atomic E-state index is 11.1. The first-order valence-corrected chi connectivity index (χ1v) is 11.2. The van der Waals surface area contributed by atoms with Gasteiger partial charge < -0.3 is 14.4 Å². The molecule has 0 amide bonds. The zero-order valence-corrected chi connectivity index (χ0v) is 19.7. The van der Waals surface area contributed by atoms with E-state index in [1.807, 2.05) is 41.1 Å². The van der Waals surface area contributed by atoms with Crippen molar-refractivity contribution in [3.8, 4) is 17.0 Å². The Morgan fingerprint density at radius 3 is 2.41 bits per heavy atom. The van der Waals surface area contributed by atoms with Crippen LogP contribution in [0.2, 0.25) is 10.0 Å². The Labute approximate surface area is 203 Å². The van der Waals surface area contributed by atoms with E-state index in [2.05, 4.69) is 15.9 Å². The van der Waals surface area contributed by atoms with Crippen LogP contribution in [0, 0.1) is 0 Å². The SMILES string of the molecule is O=C(O)c1ccc(Cn2cc(-c3ccc(Cl)cc3Cl)nc2COc2ccc(Br)cc2)cc1. The van der Waals surface area contributed by atoms with E-state index < -0.39 is 5.97 Å². The lowest BCUT2D eigenvalue weighted by atomic mass is 10.1. The molecule has 0 saturated carbocycles. The minimum absolute atomic E-state index is 0.242. The van der Waals surface area contributed by atoms with Gasteiger partial charge in [0.1, 0.15) is 18.2 Å². The van der Waals surface area contributed by atoms with Crippen molar-refractivity contribution in [3.63, 3.8) is 0 Å². The van der Waals surface area contributed by atoms with Crippen molar-refractivity contribution in [2.75, 3.05) is 0 Å². The molecule has 4 aromatic rings. The molecule has 0 fully saturated rings. The van der Waals surface area contributed by atoms with Gasteiger partial charge in [0.05, 0.1) is 16.3 Å². The third-order valence-electron chi connectivity index (χ3n) is 4.80. The van der Waals surface area contributed by atoms with Crippen LogP contribution in [0.1, 0.15) is 21.7 Å². The number of carboxylic acid groups (broad SMARTS) is 1. The molecule has 0 bridgehead atoms. The number of imidazole rings is 1. The summed E-state index contributed by atoms with van der Waals surface area (Å²) in [4.78, 5) is 15.9. The molecule has 0 unspecified atom stereocenters. The number of rotatable bonds is 7. The van der Waals surface area contributed by atoms with Crippen LogP contribution in [0.15, 0.2) is 77.4 Å². The fraction of sp³-hybridized carbons (Fsp3) is 0.0833. The van der Waals surface area contributed by atoms with Crippen molar-refractivity contribution in [3.05, 3.63) is 104 Å². The number of nitrogens with zero attached hydrogens (tertiary/aromatic N) is 2. The van der Waals surface area contributed by atoms with E-state index in [0.717, 1.165) is 21.3 Å². The Hall–Kier alpha value is -2.80. The fourth-order valence-electron chi connectivity index (χ4n) is 3.16. The number of hydrogen-bond acceptors (Lipinski definition) is 3. The molecule has 8 heteroatoms. The smallest absolute Gasteiger partial charge is 0.335 e. The monoisotopic (exact) mass is 530 g/mol. The van der Waals surface area contributed by atoms with Crippen LogP contribution >= 0.6 is 39.1 Å². The highest BCUT2D eigenvalue weighted by Gasteiger charge is 2.14. The fourth-order valence-corrected chi connectivity index (χ4v) is 3.93. The van der Waals surface area contributed by atoms with Crippen molar-refractivity contribution < 1.29 is 14.6 Å². The van der Waals surface area contributed by atoms with Crippen LogP contribution in [0.3, 0.4) is 0 Å². The zero-order valence-electron chi connectivity index (χ0n) is 16.6. The summed E-state index contributed by atoms with van der Waals surface area (Å²) in [7, 11) is 0. The number of aromatic nitrogens is 2. The summed E-state index contributed by atoms with van der Waals surface area (Å²) in [5.41, 5.74) is 2.64. The minimum atomic E-state index is -0.956. The molecule has 0 radical (unpaired) electrons. The van der Waals surface area contributed by atoms with Crippen molar-refractivity contribution in [1.82, 2.24) is 9.55 Å². The van der Waals surface area contributed by atoms with E-state index in [0.29, 0.717) is 28.1 Å². The van der Waals surface area contributed by atoms with Crippen LogP contribution in [0.5, 0.6) is 5.75 Å². The third kappa shape index (κ3) is 5.33. The minimum Gasteiger partial charge on any atom is -0.486 e.